The molecule has 0 fully saturated rings. The van der Waals surface area contributed by atoms with Crippen molar-refractivity contribution in [3.05, 3.63) is 0 Å². The van der Waals surface area contributed by atoms with Gasteiger partial charge in [-0.1, -0.05) is 27.7 Å². The molecular formula is C12H24N2O4Zn. The zero-order chi connectivity index (χ0) is 14.9. The topological polar surface area (TPSA) is 132 Å². The molecule has 6 nitrogen and oxygen atoms in total. The second-order valence-corrected chi connectivity index (χ2v) is 5.11. The van der Waals surface area contributed by atoms with Crippen LogP contribution >= 0.6 is 0 Å². The average Bonchev–Trinajstić information content (AvgIpc) is 2.16. The number of carboxylic acids is 2. The van der Waals surface area contributed by atoms with E-state index in [-0.39, 0.29) is 19.5 Å². The molecule has 0 aliphatic heterocycles. The molecule has 0 spiro atoms. The first-order valence-electron chi connectivity index (χ1n) is 6.00. The Kier molecular flexibility index (Phi) is 15.5. The van der Waals surface area contributed by atoms with E-state index in [9.17, 15) is 19.8 Å². The monoisotopic (exact) mass is 324 g/mol. The van der Waals surface area contributed by atoms with Crippen molar-refractivity contribution in [2.75, 3.05) is 0 Å². The fourth-order valence-corrected chi connectivity index (χ4v) is 1.21. The van der Waals surface area contributed by atoms with Crippen LogP contribution < -0.4 is 21.7 Å². The van der Waals surface area contributed by atoms with Crippen molar-refractivity contribution in [1.82, 2.24) is 0 Å². The van der Waals surface area contributed by atoms with E-state index in [1.54, 1.807) is 0 Å². The van der Waals surface area contributed by atoms with Gasteiger partial charge in [0, 0.05) is 12.1 Å². The summed E-state index contributed by atoms with van der Waals surface area (Å²) in [6, 6.07) is -1.60. The number of nitrogens with two attached hydrogens (primary N) is 2. The maximum Gasteiger partial charge on any atom is 2.00 e. The third-order valence-corrected chi connectivity index (χ3v) is 2.06. The van der Waals surface area contributed by atoms with Gasteiger partial charge in [-0.3, -0.25) is 0 Å². The molecule has 0 aromatic rings. The predicted molar refractivity (Wildman–Crippen MR) is 64.9 cm³/mol. The molecule has 0 bridgehead atoms. The third kappa shape index (κ3) is 17.5. The fraction of sp³-hybridized carbons (Fsp3) is 0.833. The molecule has 0 aromatic carbocycles. The predicted octanol–water partition coefficient (Wildman–Crippen LogP) is -1.78. The minimum absolute atomic E-state index is 0. The zero-order valence-electron chi connectivity index (χ0n) is 12.2. The summed E-state index contributed by atoms with van der Waals surface area (Å²) in [7, 11) is 0. The van der Waals surface area contributed by atoms with Crippen LogP contribution in [0.25, 0.3) is 0 Å². The molecule has 108 valence electrons. The van der Waals surface area contributed by atoms with Crippen molar-refractivity contribution < 1.29 is 39.3 Å². The summed E-state index contributed by atoms with van der Waals surface area (Å²) >= 11 is 0. The molecule has 0 aromatic heterocycles. The minimum atomic E-state index is -1.16. The molecule has 0 saturated carbocycles. The van der Waals surface area contributed by atoms with Crippen LogP contribution in [-0.4, -0.2) is 24.0 Å². The van der Waals surface area contributed by atoms with Gasteiger partial charge < -0.3 is 31.3 Å². The van der Waals surface area contributed by atoms with Gasteiger partial charge in [-0.2, -0.15) is 0 Å². The first-order chi connectivity index (χ1) is 8.07. The smallest absolute Gasteiger partial charge is 0.548 e. The van der Waals surface area contributed by atoms with Gasteiger partial charge in [-0.25, -0.2) is 0 Å². The van der Waals surface area contributed by atoms with Crippen molar-refractivity contribution in [3.8, 4) is 0 Å². The van der Waals surface area contributed by atoms with Crippen molar-refractivity contribution in [3.63, 3.8) is 0 Å². The van der Waals surface area contributed by atoms with Crippen LogP contribution in [0.4, 0.5) is 0 Å². The first-order valence-corrected chi connectivity index (χ1v) is 6.00. The standard InChI is InChI=1S/2C6H13NO2.Zn/c2*1-4(2)3-5(7)6(8)9;/h2*4-5H,3,7H2,1-2H3,(H,8,9);/q;;+2/p-2. The number of carbonyl (C=O) groups excluding carboxylic acids is 2. The van der Waals surface area contributed by atoms with E-state index in [0.717, 1.165) is 0 Å². The Bertz CT molecular complexity index is 234. The van der Waals surface area contributed by atoms with Crippen LogP contribution in [0.3, 0.4) is 0 Å². The fourth-order valence-electron chi connectivity index (χ4n) is 1.21. The number of aliphatic carboxylic acids is 2. The van der Waals surface area contributed by atoms with E-state index in [1.165, 1.54) is 0 Å². The Morgan fingerprint density at radius 1 is 0.842 bits per heavy atom. The Balaban J connectivity index is -0.000000256. The molecule has 0 aliphatic carbocycles. The van der Waals surface area contributed by atoms with E-state index in [1.807, 2.05) is 27.7 Å². The molecule has 0 radical (unpaired) electrons. The van der Waals surface area contributed by atoms with Gasteiger partial charge in [0.1, 0.15) is 0 Å². The largest absolute Gasteiger partial charge is 2.00 e. The van der Waals surface area contributed by atoms with E-state index in [0.29, 0.717) is 24.7 Å². The molecule has 0 aliphatic rings. The Labute approximate surface area is 127 Å². The van der Waals surface area contributed by atoms with Crippen molar-refractivity contribution in [1.29, 1.82) is 0 Å². The number of hydrogen-bond donors (Lipinski definition) is 2. The van der Waals surface area contributed by atoms with Crippen LogP contribution in [0, 0.1) is 11.8 Å². The van der Waals surface area contributed by atoms with Crippen LogP contribution in [0.5, 0.6) is 0 Å². The van der Waals surface area contributed by atoms with Crippen molar-refractivity contribution in [2.24, 2.45) is 23.3 Å². The molecule has 0 rings (SSSR count). The number of carbonyl (C=O) groups is 2. The van der Waals surface area contributed by atoms with Crippen LogP contribution in [0.1, 0.15) is 40.5 Å². The average molecular weight is 326 g/mol. The number of hydrogen-bond acceptors (Lipinski definition) is 6. The zero-order valence-corrected chi connectivity index (χ0v) is 15.2. The Morgan fingerprint density at radius 2 is 1.05 bits per heavy atom. The molecule has 2 unspecified atom stereocenters. The summed E-state index contributed by atoms with van der Waals surface area (Å²) in [5.74, 6) is -1.69. The summed E-state index contributed by atoms with van der Waals surface area (Å²) in [5, 5.41) is 20.0. The van der Waals surface area contributed by atoms with E-state index in [2.05, 4.69) is 0 Å². The molecule has 0 heterocycles. The maximum absolute atomic E-state index is 10.00. The van der Waals surface area contributed by atoms with Gasteiger partial charge >= 0.3 is 19.5 Å². The van der Waals surface area contributed by atoms with Gasteiger partial charge in [0.25, 0.3) is 0 Å². The van der Waals surface area contributed by atoms with E-state index in [4.69, 9.17) is 11.5 Å². The maximum atomic E-state index is 10.00. The molecule has 4 N–H and O–H groups in total. The van der Waals surface area contributed by atoms with Crippen LogP contribution in [-0.2, 0) is 29.1 Å². The Hall–Kier alpha value is -0.517. The minimum Gasteiger partial charge on any atom is -0.548 e. The molecule has 19 heavy (non-hydrogen) atoms. The molecular weight excluding hydrogens is 302 g/mol. The summed E-state index contributed by atoms with van der Waals surface area (Å²) in [4.78, 5) is 20.0. The second-order valence-electron chi connectivity index (χ2n) is 5.11. The van der Waals surface area contributed by atoms with Gasteiger partial charge in [-0.05, 0) is 24.7 Å². The molecule has 0 saturated heterocycles. The van der Waals surface area contributed by atoms with E-state index >= 15 is 0 Å². The van der Waals surface area contributed by atoms with Gasteiger partial charge in [0.05, 0.1) is 11.9 Å². The molecule has 7 heteroatoms. The SMILES string of the molecule is CC(C)CC(N)C(=O)[O-].CC(C)CC(N)C(=O)[O-].[Zn+2]. The van der Waals surface area contributed by atoms with E-state index < -0.39 is 24.0 Å². The van der Waals surface area contributed by atoms with Gasteiger partial charge in [0.15, 0.2) is 0 Å². The summed E-state index contributed by atoms with van der Waals surface area (Å²) in [6.45, 7) is 7.68. The number of carboxylic acid groups (broad SMARTS) is 2. The quantitative estimate of drug-likeness (QED) is 0.555. The van der Waals surface area contributed by atoms with Gasteiger partial charge in [-0.15, -0.1) is 0 Å². The molecule has 0 amide bonds. The van der Waals surface area contributed by atoms with Crippen molar-refractivity contribution in [2.45, 2.75) is 52.6 Å². The normalized spacial score (nSPS) is 13.1. The third-order valence-electron chi connectivity index (χ3n) is 2.06. The Morgan fingerprint density at radius 3 is 1.11 bits per heavy atom. The number of rotatable bonds is 6. The van der Waals surface area contributed by atoms with Crippen LogP contribution in [0.15, 0.2) is 0 Å². The second kappa shape index (κ2) is 12.5. The van der Waals surface area contributed by atoms with Crippen LogP contribution in [0.2, 0.25) is 0 Å². The summed E-state index contributed by atoms with van der Waals surface area (Å²) < 4.78 is 0. The molecule has 2 atom stereocenters. The summed E-state index contributed by atoms with van der Waals surface area (Å²) in [6.07, 6.45) is 0.977. The van der Waals surface area contributed by atoms with Crippen molar-refractivity contribution >= 4 is 11.9 Å². The first kappa shape index (κ1) is 23.6. The summed E-state index contributed by atoms with van der Waals surface area (Å²) in [5.41, 5.74) is 10.3. The van der Waals surface area contributed by atoms with Gasteiger partial charge in [0.2, 0.25) is 0 Å².